The van der Waals surface area contributed by atoms with Crippen LogP contribution in [0.5, 0.6) is 0 Å². The highest BCUT2D eigenvalue weighted by Gasteiger charge is 2.44. The van der Waals surface area contributed by atoms with E-state index in [1.54, 1.807) is 0 Å². The number of terminal acetylenes is 3. The van der Waals surface area contributed by atoms with Crippen LogP contribution in [0.4, 0.5) is 0 Å². The Labute approximate surface area is 174 Å². The van der Waals surface area contributed by atoms with Gasteiger partial charge in [-0.1, -0.05) is 103 Å². The van der Waals surface area contributed by atoms with Crippen molar-refractivity contribution in [1.82, 2.24) is 4.90 Å². The van der Waals surface area contributed by atoms with Crippen molar-refractivity contribution in [2.24, 2.45) is 0 Å². The minimum atomic E-state index is -0.677. The minimum absolute atomic E-state index is 0.524. The van der Waals surface area contributed by atoms with Crippen LogP contribution in [0.3, 0.4) is 0 Å². The van der Waals surface area contributed by atoms with Crippen molar-refractivity contribution in [2.45, 2.75) is 18.0 Å². The van der Waals surface area contributed by atoms with Crippen LogP contribution in [-0.2, 0) is 5.54 Å². The van der Waals surface area contributed by atoms with Crippen LogP contribution in [0.15, 0.2) is 91.0 Å². The molecule has 0 unspecified atom stereocenters. The third kappa shape index (κ3) is 3.81. The number of benzene rings is 3. The Hall–Kier alpha value is -3.70. The Morgan fingerprint density at radius 3 is 1.34 bits per heavy atom. The largest absolute Gasteiger partial charge is 0.261 e. The molecular weight excluding hydrogens is 350 g/mol. The molecule has 0 amide bonds. The fourth-order valence-electron chi connectivity index (χ4n) is 3.94. The van der Waals surface area contributed by atoms with Crippen LogP contribution in [0.25, 0.3) is 0 Å². The number of nitrogens with zero attached hydrogens (tertiary/aromatic N) is 1. The molecule has 0 atom stereocenters. The predicted octanol–water partition coefficient (Wildman–Crippen LogP) is 4.94. The van der Waals surface area contributed by atoms with E-state index in [-0.39, 0.29) is 0 Å². The van der Waals surface area contributed by atoms with E-state index in [0.29, 0.717) is 13.0 Å². The molecule has 0 radical (unpaired) electrons. The Balaban J connectivity index is 2.43. The molecule has 1 nitrogen and oxygen atoms in total. The minimum Gasteiger partial charge on any atom is -0.261 e. The topological polar surface area (TPSA) is 3.24 Å². The Morgan fingerprint density at radius 1 is 0.655 bits per heavy atom. The van der Waals surface area contributed by atoms with Gasteiger partial charge in [0.25, 0.3) is 0 Å². The first-order chi connectivity index (χ1) is 14.3. The van der Waals surface area contributed by atoms with E-state index < -0.39 is 11.6 Å². The van der Waals surface area contributed by atoms with Gasteiger partial charge >= 0.3 is 0 Å². The van der Waals surface area contributed by atoms with Crippen molar-refractivity contribution in [3.8, 4) is 37.0 Å². The van der Waals surface area contributed by atoms with Crippen molar-refractivity contribution in [1.29, 1.82) is 0 Å². The number of hydrogen-bond donors (Lipinski definition) is 0. The van der Waals surface area contributed by atoms with E-state index in [0.717, 1.165) is 16.7 Å². The molecule has 0 aliphatic heterocycles. The molecule has 0 N–H and O–H groups in total. The summed E-state index contributed by atoms with van der Waals surface area (Å²) in [6, 6.07) is 30.4. The molecule has 0 spiro atoms. The van der Waals surface area contributed by atoms with Crippen LogP contribution >= 0.6 is 0 Å². The highest BCUT2D eigenvalue weighted by Crippen LogP contribution is 2.43. The van der Waals surface area contributed by atoms with Crippen molar-refractivity contribution in [2.75, 3.05) is 6.54 Å². The standard InChI is InChI=1S/C28H23N/c1-4-7-23-29(27(5-2)6-3)28(24-17-11-8-12-18-24,25-19-13-9-14-20-25)26-21-15-10-16-22-26/h1-3,8-22,27H,7,23H2. The lowest BCUT2D eigenvalue weighted by atomic mass is 9.74. The Kier molecular flexibility index (Phi) is 6.55. The lowest BCUT2D eigenvalue weighted by molar-refractivity contribution is 0.155. The SMILES string of the molecule is C#CCCN(C(C#C)C#C)C(c1ccccc1)(c1ccccc1)c1ccccc1. The van der Waals surface area contributed by atoms with Crippen LogP contribution < -0.4 is 0 Å². The summed E-state index contributed by atoms with van der Waals surface area (Å²) in [7, 11) is 0. The smallest absolute Gasteiger partial charge is 0.134 e. The van der Waals surface area contributed by atoms with Gasteiger partial charge in [-0.2, -0.15) is 0 Å². The highest BCUT2D eigenvalue weighted by atomic mass is 15.2. The summed E-state index contributed by atoms with van der Waals surface area (Å²) >= 11 is 0. The lowest BCUT2D eigenvalue weighted by Gasteiger charge is -2.46. The first-order valence-corrected chi connectivity index (χ1v) is 9.58. The average Bonchev–Trinajstić information content (AvgIpc) is 2.80. The second-order valence-electron chi connectivity index (χ2n) is 6.69. The van der Waals surface area contributed by atoms with Crippen molar-refractivity contribution in [3.63, 3.8) is 0 Å². The molecule has 0 heterocycles. The number of hydrogen-bond acceptors (Lipinski definition) is 1. The summed E-state index contributed by atoms with van der Waals surface area (Å²) in [6.45, 7) is 0.564. The zero-order chi connectivity index (χ0) is 20.5. The van der Waals surface area contributed by atoms with Crippen LogP contribution in [0.2, 0.25) is 0 Å². The molecule has 0 aliphatic carbocycles. The van der Waals surface area contributed by atoms with Gasteiger partial charge in [0.2, 0.25) is 0 Å². The number of rotatable bonds is 7. The molecular formula is C28H23N. The summed E-state index contributed by atoms with van der Waals surface area (Å²) in [5.41, 5.74) is 2.59. The van der Waals surface area contributed by atoms with Gasteiger partial charge in [-0.15, -0.1) is 25.2 Å². The van der Waals surface area contributed by atoms with Crippen molar-refractivity contribution >= 4 is 0 Å². The first kappa shape index (κ1) is 20.0. The van der Waals surface area contributed by atoms with Gasteiger partial charge in [-0.05, 0) is 16.7 Å². The van der Waals surface area contributed by atoms with Gasteiger partial charge in [0.15, 0.2) is 0 Å². The summed E-state index contributed by atoms with van der Waals surface area (Å²) in [5.74, 6) is 8.34. The van der Waals surface area contributed by atoms with E-state index in [9.17, 15) is 0 Å². The molecule has 140 valence electrons. The molecule has 0 aromatic heterocycles. The average molecular weight is 373 g/mol. The normalized spacial score (nSPS) is 10.9. The molecule has 0 saturated carbocycles. The van der Waals surface area contributed by atoms with Gasteiger partial charge < -0.3 is 0 Å². The van der Waals surface area contributed by atoms with Gasteiger partial charge in [-0.3, -0.25) is 4.90 Å². The Morgan fingerprint density at radius 2 is 1.03 bits per heavy atom. The molecule has 0 fully saturated rings. The van der Waals surface area contributed by atoms with E-state index in [4.69, 9.17) is 19.3 Å². The summed E-state index contributed by atoms with van der Waals surface area (Å²) in [6.07, 6.45) is 18.0. The molecule has 0 saturated heterocycles. The van der Waals surface area contributed by atoms with Crippen LogP contribution in [-0.4, -0.2) is 17.5 Å². The van der Waals surface area contributed by atoms with Gasteiger partial charge in [0.05, 0.1) is 5.54 Å². The molecule has 29 heavy (non-hydrogen) atoms. The summed E-state index contributed by atoms with van der Waals surface area (Å²) in [4.78, 5) is 2.17. The molecule has 3 aromatic carbocycles. The van der Waals surface area contributed by atoms with E-state index in [1.807, 2.05) is 54.6 Å². The second kappa shape index (κ2) is 9.48. The maximum Gasteiger partial charge on any atom is 0.134 e. The highest BCUT2D eigenvalue weighted by molar-refractivity contribution is 5.50. The molecule has 1 heteroatoms. The second-order valence-corrected chi connectivity index (χ2v) is 6.69. The molecule has 3 rings (SSSR count). The molecule has 0 aliphatic rings. The maximum atomic E-state index is 5.90. The quantitative estimate of drug-likeness (QED) is 0.419. The lowest BCUT2D eigenvalue weighted by Crippen LogP contribution is -2.52. The third-order valence-corrected chi connectivity index (χ3v) is 5.13. The van der Waals surface area contributed by atoms with Gasteiger partial charge in [-0.25, -0.2) is 0 Å². The fourth-order valence-corrected chi connectivity index (χ4v) is 3.94. The fraction of sp³-hybridized carbons (Fsp3) is 0.143. The van der Waals surface area contributed by atoms with Gasteiger partial charge in [0.1, 0.15) is 6.04 Å². The molecule has 3 aromatic rings. The molecule has 0 bridgehead atoms. The maximum absolute atomic E-state index is 5.90. The van der Waals surface area contributed by atoms with Crippen molar-refractivity contribution < 1.29 is 0 Å². The monoisotopic (exact) mass is 373 g/mol. The van der Waals surface area contributed by atoms with Crippen LogP contribution in [0.1, 0.15) is 23.1 Å². The summed E-state index contributed by atoms with van der Waals surface area (Å²) < 4.78 is 0. The van der Waals surface area contributed by atoms with Gasteiger partial charge in [0, 0.05) is 13.0 Å². The van der Waals surface area contributed by atoms with E-state index in [1.165, 1.54) is 0 Å². The van der Waals surface area contributed by atoms with Crippen molar-refractivity contribution in [3.05, 3.63) is 108 Å². The predicted molar refractivity (Wildman–Crippen MR) is 121 cm³/mol. The zero-order valence-corrected chi connectivity index (χ0v) is 16.3. The van der Waals surface area contributed by atoms with E-state index >= 15 is 0 Å². The third-order valence-electron chi connectivity index (χ3n) is 5.13. The summed E-state index contributed by atoms with van der Waals surface area (Å²) in [5, 5.41) is 0. The Bertz CT molecular complexity index is 920. The van der Waals surface area contributed by atoms with E-state index in [2.05, 4.69) is 59.1 Å². The zero-order valence-electron chi connectivity index (χ0n) is 16.3. The first-order valence-electron chi connectivity index (χ1n) is 9.58. The van der Waals surface area contributed by atoms with Crippen LogP contribution in [0, 0.1) is 37.0 Å².